The number of thiophene rings is 1. The lowest BCUT2D eigenvalue weighted by atomic mass is 9.99. The number of fused-ring (bicyclic) bond motifs is 1. The number of aromatic hydroxyl groups is 1. The van der Waals surface area contributed by atoms with Gasteiger partial charge in [-0.05, 0) is 46.0 Å². The number of rotatable bonds is 3. The summed E-state index contributed by atoms with van der Waals surface area (Å²) in [6, 6.07) is 16.9. The standard InChI is InChI=1S/C19H20N2OS.2ClH/c22-17-6-5-14-12-16(4-3-15(14)13-17)19(18-2-1-11-23-18)21-9-7-20-8-10-21;;/h1-6,11-13,19-20,22H,7-10H2;2*1H/t19-;;/m1../s1. The van der Waals surface area contributed by atoms with E-state index >= 15 is 0 Å². The van der Waals surface area contributed by atoms with E-state index in [4.69, 9.17) is 0 Å². The molecule has 0 unspecified atom stereocenters. The lowest BCUT2D eigenvalue weighted by molar-refractivity contribution is 0.201. The molecule has 2 heterocycles. The molecule has 1 aliphatic rings. The van der Waals surface area contributed by atoms with Crippen molar-refractivity contribution in [3.8, 4) is 5.75 Å². The van der Waals surface area contributed by atoms with Gasteiger partial charge in [0.25, 0.3) is 0 Å². The van der Waals surface area contributed by atoms with Gasteiger partial charge in [0.2, 0.25) is 0 Å². The average Bonchev–Trinajstić information content (AvgIpc) is 3.10. The van der Waals surface area contributed by atoms with Crippen LogP contribution in [0.2, 0.25) is 0 Å². The fourth-order valence-electron chi connectivity index (χ4n) is 3.36. The van der Waals surface area contributed by atoms with Crippen LogP contribution in [0.25, 0.3) is 10.8 Å². The monoisotopic (exact) mass is 396 g/mol. The lowest BCUT2D eigenvalue weighted by Gasteiger charge is -2.35. The molecule has 0 radical (unpaired) electrons. The Morgan fingerprint density at radius 3 is 2.40 bits per heavy atom. The number of hydrogen-bond acceptors (Lipinski definition) is 4. The minimum Gasteiger partial charge on any atom is -0.508 e. The van der Waals surface area contributed by atoms with Gasteiger partial charge >= 0.3 is 0 Å². The summed E-state index contributed by atoms with van der Waals surface area (Å²) in [6.07, 6.45) is 0. The van der Waals surface area contributed by atoms with Crippen molar-refractivity contribution in [2.75, 3.05) is 26.2 Å². The van der Waals surface area contributed by atoms with Crippen molar-refractivity contribution in [3.63, 3.8) is 0 Å². The van der Waals surface area contributed by atoms with Gasteiger partial charge in [0.15, 0.2) is 0 Å². The molecule has 0 bridgehead atoms. The summed E-state index contributed by atoms with van der Waals surface area (Å²) in [5.41, 5.74) is 1.33. The fraction of sp³-hybridized carbons (Fsp3) is 0.263. The molecule has 1 aliphatic heterocycles. The van der Waals surface area contributed by atoms with Crippen molar-refractivity contribution in [2.24, 2.45) is 0 Å². The Morgan fingerprint density at radius 2 is 1.68 bits per heavy atom. The van der Waals surface area contributed by atoms with Crippen molar-refractivity contribution in [3.05, 3.63) is 64.4 Å². The SMILES string of the molecule is Cl.Cl.Oc1ccc2cc([C@H](c3cccs3)N3CCNCC3)ccc2c1. The number of phenols is 1. The van der Waals surface area contributed by atoms with Crippen LogP contribution >= 0.6 is 36.2 Å². The van der Waals surface area contributed by atoms with Crippen LogP contribution in [-0.4, -0.2) is 36.2 Å². The topological polar surface area (TPSA) is 35.5 Å². The van der Waals surface area contributed by atoms with Crippen LogP contribution in [0.1, 0.15) is 16.5 Å². The van der Waals surface area contributed by atoms with Crippen molar-refractivity contribution in [1.82, 2.24) is 10.2 Å². The second-order valence-corrected chi connectivity index (χ2v) is 6.97. The van der Waals surface area contributed by atoms with Gasteiger partial charge in [-0.1, -0.05) is 24.3 Å². The molecule has 1 saturated heterocycles. The maximum absolute atomic E-state index is 9.65. The van der Waals surface area contributed by atoms with E-state index in [2.05, 4.69) is 45.9 Å². The van der Waals surface area contributed by atoms with Gasteiger partial charge in [0.1, 0.15) is 5.75 Å². The average molecular weight is 397 g/mol. The first-order valence-corrected chi connectivity index (χ1v) is 8.90. The third-order valence-corrected chi connectivity index (χ3v) is 5.42. The Labute approximate surface area is 164 Å². The van der Waals surface area contributed by atoms with Crippen LogP contribution < -0.4 is 5.32 Å². The summed E-state index contributed by atoms with van der Waals surface area (Å²) in [4.78, 5) is 3.95. The van der Waals surface area contributed by atoms with E-state index in [9.17, 15) is 5.11 Å². The molecule has 3 aromatic rings. The molecule has 134 valence electrons. The summed E-state index contributed by atoms with van der Waals surface area (Å²) in [5.74, 6) is 0.321. The molecular formula is C19H22Cl2N2OS. The molecule has 25 heavy (non-hydrogen) atoms. The van der Waals surface area contributed by atoms with E-state index in [1.807, 2.05) is 23.5 Å². The van der Waals surface area contributed by atoms with Crippen LogP contribution in [0.5, 0.6) is 5.75 Å². The Balaban J connectivity index is 0.00000113. The third kappa shape index (κ3) is 4.27. The van der Waals surface area contributed by atoms with Crippen LogP contribution in [0, 0.1) is 0 Å². The van der Waals surface area contributed by atoms with Crippen LogP contribution in [0.3, 0.4) is 0 Å². The van der Waals surface area contributed by atoms with Crippen LogP contribution in [0.4, 0.5) is 0 Å². The van der Waals surface area contributed by atoms with E-state index in [1.54, 1.807) is 6.07 Å². The highest BCUT2D eigenvalue weighted by Gasteiger charge is 2.24. The number of benzene rings is 2. The van der Waals surface area contributed by atoms with Crippen LogP contribution in [0.15, 0.2) is 53.9 Å². The third-order valence-electron chi connectivity index (χ3n) is 4.49. The molecule has 4 rings (SSSR count). The highest BCUT2D eigenvalue weighted by molar-refractivity contribution is 7.10. The molecule has 0 amide bonds. The number of halogens is 2. The molecule has 0 spiro atoms. The Morgan fingerprint density at radius 1 is 0.960 bits per heavy atom. The first-order valence-electron chi connectivity index (χ1n) is 8.02. The first-order chi connectivity index (χ1) is 11.3. The van der Waals surface area contributed by atoms with Crippen molar-refractivity contribution >= 4 is 46.9 Å². The van der Waals surface area contributed by atoms with Gasteiger partial charge in [0, 0.05) is 31.1 Å². The highest BCUT2D eigenvalue weighted by Crippen LogP contribution is 2.34. The Kier molecular flexibility index (Phi) is 7.11. The molecule has 1 atom stereocenters. The normalized spacial score (nSPS) is 16.0. The smallest absolute Gasteiger partial charge is 0.116 e. The summed E-state index contributed by atoms with van der Waals surface area (Å²) in [5, 5.41) is 17.5. The summed E-state index contributed by atoms with van der Waals surface area (Å²) in [6.45, 7) is 4.22. The number of hydrogen-bond donors (Lipinski definition) is 2. The van der Waals surface area contributed by atoms with E-state index in [0.717, 1.165) is 31.6 Å². The molecule has 0 aliphatic carbocycles. The van der Waals surface area contributed by atoms with Crippen molar-refractivity contribution < 1.29 is 5.11 Å². The molecule has 0 saturated carbocycles. The molecular weight excluding hydrogens is 375 g/mol. The quantitative estimate of drug-likeness (QED) is 0.686. The zero-order chi connectivity index (χ0) is 15.6. The molecule has 1 aromatic heterocycles. The summed E-state index contributed by atoms with van der Waals surface area (Å²) >= 11 is 1.83. The van der Waals surface area contributed by atoms with Gasteiger partial charge < -0.3 is 10.4 Å². The van der Waals surface area contributed by atoms with E-state index in [0.29, 0.717) is 11.8 Å². The van der Waals surface area contributed by atoms with Gasteiger partial charge in [-0.15, -0.1) is 36.2 Å². The molecule has 2 aromatic carbocycles. The predicted octanol–water partition coefficient (Wildman–Crippen LogP) is 4.45. The van der Waals surface area contributed by atoms with Gasteiger partial charge in [-0.25, -0.2) is 0 Å². The van der Waals surface area contributed by atoms with Crippen molar-refractivity contribution in [1.29, 1.82) is 0 Å². The zero-order valence-corrected chi connectivity index (χ0v) is 16.2. The number of phenolic OH excluding ortho intramolecular Hbond substituents is 1. The zero-order valence-electron chi connectivity index (χ0n) is 13.7. The largest absolute Gasteiger partial charge is 0.508 e. The van der Waals surface area contributed by atoms with Gasteiger partial charge in [-0.3, -0.25) is 4.90 Å². The molecule has 6 heteroatoms. The van der Waals surface area contributed by atoms with E-state index < -0.39 is 0 Å². The first kappa shape index (κ1) is 20.0. The molecule has 3 nitrogen and oxygen atoms in total. The van der Waals surface area contributed by atoms with E-state index in [1.165, 1.54) is 15.8 Å². The summed E-state index contributed by atoms with van der Waals surface area (Å²) < 4.78 is 0. The lowest BCUT2D eigenvalue weighted by Crippen LogP contribution is -2.45. The second kappa shape index (κ2) is 8.88. The van der Waals surface area contributed by atoms with Crippen molar-refractivity contribution in [2.45, 2.75) is 6.04 Å². The minimum atomic E-state index is 0. The fourth-order valence-corrected chi connectivity index (χ4v) is 4.25. The Hall–Kier alpha value is -1.30. The Bertz CT molecular complexity index is 804. The van der Waals surface area contributed by atoms with Gasteiger partial charge in [-0.2, -0.15) is 0 Å². The maximum Gasteiger partial charge on any atom is 0.116 e. The maximum atomic E-state index is 9.65. The predicted molar refractivity (Wildman–Crippen MR) is 111 cm³/mol. The molecule has 1 fully saturated rings. The minimum absolute atomic E-state index is 0. The number of nitrogens with zero attached hydrogens (tertiary/aromatic N) is 1. The molecule has 2 N–H and O–H groups in total. The van der Waals surface area contributed by atoms with Gasteiger partial charge in [0.05, 0.1) is 6.04 Å². The number of piperazine rings is 1. The highest BCUT2D eigenvalue weighted by atomic mass is 35.5. The second-order valence-electron chi connectivity index (χ2n) is 5.99. The summed E-state index contributed by atoms with van der Waals surface area (Å²) in [7, 11) is 0. The van der Waals surface area contributed by atoms with Crippen LogP contribution in [-0.2, 0) is 0 Å². The number of nitrogens with one attached hydrogen (secondary N) is 1. The van der Waals surface area contributed by atoms with E-state index in [-0.39, 0.29) is 24.8 Å².